The van der Waals surface area contributed by atoms with Crippen LogP contribution in [0.5, 0.6) is 0 Å². The highest BCUT2D eigenvalue weighted by Gasteiger charge is 2.39. The number of amides is 1. The van der Waals surface area contributed by atoms with Crippen molar-refractivity contribution in [3.05, 3.63) is 47.9 Å². The highest BCUT2D eigenvalue weighted by Crippen LogP contribution is 2.27. The Kier molecular flexibility index (Phi) is 6.34. The molecule has 1 unspecified atom stereocenters. The van der Waals surface area contributed by atoms with Gasteiger partial charge in [-0.25, -0.2) is 14.8 Å². The maximum absolute atomic E-state index is 13.5. The summed E-state index contributed by atoms with van der Waals surface area (Å²) in [6.45, 7) is 8.39. The molecule has 0 saturated carbocycles. The molecule has 0 N–H and O–H groups in total. The number of ether oxygens (including phenoxy) is 1. The van der Waals surface area contributed by atoms with Crippen LogP contribution in [0.3, 0.4) is 0 Å². The molecule has 0 spiro atoms. The van der Waals surface area contributed by atoms with E-state index in [1.54, 1.807) is 11.9 Å². The Morgan fingerprint density at radius 1 is 1.06 bits per heavy atom. The third-order valence-electron chi connectivity index (χ3n) is 5.60. The van der Waals surface area contributed by atoms with Crippen LogP contribution in [0.1, 0.15) is 24.9 Å². The first-order valence-corrected chi connectivity index (χ1v) is 10.9. The number of aromatic nitrogens is 2. The number of carbonyl (C=O) groups is 2. The monoisotopic (exact) mass is 436 g/mol. The molecule has 1 atom stereocenters. The number of rotatable bonds is 5. The third-order valence-corrected chi connectivity index (χ3v) is 5.60. The Hall–Kier alpha value is -3.49. The van der Waals surface area contributed by atoms with Gasteiger partial charge in [0.05, 0.1) is 12.3 Å². The van der Waals surface area contributed by atoms with Gasteiger partial charge in [-0.05, 0) is 32.9 Å². The van der Waals surface area contributed by atoms with E-state index in [0.717, 1.165) is 23.0 Å². The normalized spacial score (nSPS) is 18.5. The number of aryl methyl sites for hydroxylation is 2. The number of piperazine rings is 1. The lowest BCUT2D eigenvalue weighted by atomic mass is 10.1. The van der Waals surface area contributed by atoms with Crippen LogP contribution in [0.25, 0.3) is 0 Å². The third kappa shape index (κ3) is 4.56. The number of benzene rings is 1. The second-order valence-electron chi connectivity index (χ2n) is 7.89. The molecule has 2 aromatic rings. The summed E-state index contributed by atoms with van der Waals surface area (Å²) in [6.07, 6.45) is 0.233. The van der Waals surface area contributed by atoms with Gasteiger partial charge in [0.2, 0.25) is 5.91 Å². The van der Waals surface area contributed by atoms with Gasteiger partial charge in [-0.1, -0.05) is 18.2 Å². The number of carbonyl (C=O) groups excluding carboxylic acids is 2. The Bertz CT molecular complexity index is 997. The van der Waals surface area contributed by atoms with E-state index in [-0.39, 0.29) is 24.6 Å². The number of para-hydroxylation sites is 1. The number of esters is 1. The smallest absolute Gasteiger partial charge is 0.354 e. The van der Waals surface area contributed by atoms with Crippen molar-refractivity contribution < 1.29 is 14.3 Å². The minimum atomic E-state index is -0.563. The van der Waals surface area contributed by atoms with E-state index in [0.29, 0.717) is 26.2 Å². The molecule has 32 heavy (non-hydrogen) atoms. The van der Waals surface area contributed by atoms with Gasteiger partial charge in [0.15, 0.2) is 0 Å². The molecule has 168 valence electrons. The summed E-state index contributed by atoms with van der Waals surface area (Å²) in [7, 11) is 0. The number of nitrogens with zero attached hydrogens (tertiary/aromatic N) is 6. The van der Waals surface area contributed by atoms with Crippen LogP contribution < -0.4 is 9.91 Å². The predicted molar refractivity (Wildman–Crippen MR) is 122 cm³/mol. The average molecular weight is 437 g/mol. The van der Waals surface area contributed by atoms with Crippen molar-refractivity contribution in [2.24, 2.45) is 5.10 Å². The zero-order chi connectivity index (χ0) is 22.7. The average Bonchev–Trinajstić information content (AvgIpc) is 3.24. The van der Waals surface area contributed by atoms with E-state index in [1.807, 2.05) is 55.1 Å². The van der Waals surface area contributed by atoms with Crippen LogP contribution in [0.2, 0.25) is 0 Å². The molecule has 9 nitrogen and oxygen atoms in total. The van der Waals surface area contributed by atoms with Crippen molar-refractivity contribution in [3.8, 4) is 0 Å². The SMILES string of the molecule is CCOC(=O)C1=NN(c2ccccc2)C(C(=O)N2CCN(c3cc(C)nc(C)n3)CC2)C1. The van der Waals surface area contributed by atoms with Crippen molar-refractivity contribution in [2.75, 3.05) is 42.7 Å². The highest BCUT2D eigenvalue weighted by molar-refractivity contribution is 6.38. The van der Waals surface area contributed by atoms with E-state index < -0.39 is 12.0 Å². The topological polar surface area (TPSA) is 91.2 Å². The van der Waals surface area contributed by atoms with Gasteiger partial charge in [0.1, 0.15) is 23.4 Å². The minimum Gasteiger partial charge on any atom is -0.461 e. The fraction of sp³-hybridized carbons (Fsp3) is 0.435. The van der Waals surface area contributed by atoms with Crippen LogP contribution >= 0.6 is 0 Å². The highest BCUT2D eigenvalue weighted by atomic mass is 16.5. The van der Waals surface area contributed by atoms with Gasteiger partial charge in [-0.15, -0.1) is 0 Å². The molecule has 1 amide bonds. The van der Waals surface area contributed by atoms with Crippen LogP contribution in [0, 0.1) is 13.8 Å². The molecule has 1 aromatic carbocycles. The minimum absolute atomic E-state index is 0.0356. The summed E-state index contributed by atoms with van der Waals surface area (Å²) in [4.78, 5) is 38.7. The summed E-state index contributed by atoms with van der Waals surface area (Å²) in [6, 6.07) is 10.9. The molecule has 4 rings (SSSR count). The Morgan fingerprint density at radius 2 is 1.78 bits per heavy atom. The number of anilines is 2. The van der Waals surface area contributed by atoms with E-state index in [4.69, 9.17) is 4.74 Å². The Morgan fingerprint density at radius 3 is 2.44 bits per heavy atom. The zero-order valence-electron chi connectivity index (χ0n) is 18.7. The van der Waals surface area contributed by atoms with Crippen LogP contribution in [-0.4, -0.2) is 71.3 Å². The lowest BCUT2D eigenvalue weighted by molar-refractivity contribution is -0.135. The Labute approximate surface area is 187 Å². The largest absolute Gasteiger partial charge is 0.461 e. The van der Waals surface area contributed by atoms with Gasteiger partial charge in [0, 0.05) is 44.4 Å². The van der Waals surface area contributed by atoms with Crippen LogP contribution in [0.15, 0.2) is 41.5 Å². The maximum Gasteiger partial charge on any atom is 0.354 e. The summed E-state index contributed by atoms with van der Waals surface area (Å²) in [5, 5.41) is 6.11. The second-order valence-corrected chi connectivity index (χ2v) is 7.89. The summed E-state index contributed by atoms with van der Waals surface area (Å²) in [5.41, 5.74) is 1.98. The van der Waals surface area contributed by atoms with Crippen LogP contribution in [-0.2, 0) is 14.3 Å². The molecule has 2 aliphatic rings. The molecular weight excluding hydrogens is 408 g/mol. The van der Waals surface area contributed by atoms with Crippen molar-refractivity contribution in [2.45, 2.75) is 33.2 Å². The second kappa shape index (κ2) is 9.33. The molecular formula is C23H28N6O3. The number of hydrazone groups is 1. The molecule has 0 radical (unpaired) electrons. The van der Waals surface area contributed by atoms with Gasteiger partial charge in [-0.3, -0.25) is 9.80 Å². The fourth-order valence-corrected chi connectivity index (χ4v) is 4.09. The van der Waals surface area contributed by atoms with E-state index in [1.165, 1.54) is 0 Å². The molecule has 9 heteroatoms. The molecule has 1 aromatic heterocycles. The standard InChI is InChI=1S/C23H28N6O3/c1-4-32-23(31)19-15-20(29(26-19)18-8-6-5-7-9-18)22(30)28-12-10-27(11-13-28)21-14-16(2)24-17(3)25-21/h5-9,14,20H,4,10-13,15H2,1-3H3. The summed E-state index contributed by atoms with van der Waals surface area (Å²) in [5.74, 6) is 1.13. The van der Waals surface area contributed by atoms with Crippen molar-refractivity contribution >= 4 is 29.1 Å². The van der Waals surface area contributed by atoms with Gasteiger partial charge in [-0.2, -0.15) is 5.10 Å². The summed E-state index contributed by atoms with van der Waals surface area (Å²) >= 11 is 0. The number of hydrogen-bond donors (Lipinski definition) is 0. The van der Waals surface area contributed by atoms with Crippen molar-refractivity contribution in [1.29, 1.82) is 0 Å². The zero-order valence-corrected chi connectivity index (χ0v) is 18.7. The van der Waals surface area contributed by atoms with Gasteiger partial charge in [0.25, 0.3) is 0 Å². The first-order chi connectivity index (χ1) is 15.5. The quantitative estimate of drug-likeness (QED) is 0.662. The molecule has 0 bridgehead atoms. The first-order valence-electron chi connectivity index (χ1n) is 10.9. The number of hydrogen-bond acceptors (Lipinski definition) is 8. The maximum atomic E-state index is 13.5. The molecule has 1 saturated heterocycles. The van der Waals surface area contributed by atoms with Crippen molar-refractivity contribution in [1.82, 2.24) is 14.9 Å². The van der Waals surface area contributed by atoms with Gasteiger partial charge >= 0.3 is 5.97 Å². The van der Waals surface area contributed by atoms with E-state index in [2.05, 4.69) is 20.0 Å². The molecule has 3 heterocycles. The molecule has 2 aliphatic heterocycles. The Balaban J connectivity index is 1.47. The van der Waals surface area contributed by atoms with E-state index in [9.17, 15) is 9.59 Å². The summed E-state index contributed by atoms with van der Waals surface area (Å²) < 4.78 is 5.13. The lowest BCUT2D eigenvalue weighted by Gasteiger charge is -2.37. The van der Waals surface area contributed by atoms with Gasteiger partial charge < -0.3 is 14.5 Å². The molecule has 0 aliphatic carbocycles. The molecule has 1 fully saturated rings. The lowest BCUT2D eigenvalue weighted by Crippen LogP contribution is -2.54. The predicted octanol–water partition coefficient (Wildman–Crippen LogP) is 1.94. The van der Waals surface area contributed by atoms with E-state index >= 15 is 0 Å². The van der Waals surface area contributed by atoms with Crippen molar-refractivity contribution in [3.63, 3.8) is 0 Å². The first kappa shape index (κ1) is 21.7. The fourth-order valence-electron chi connectivity index (χ4n) is 4.09. The van der Waals surface area contributed by atoms with Crippen LogP contribution in [0.4, 0.5) is 11.5 Å².